The molecule has 1 amide bonds. The van der Waals surface area contributed by atoms with Crippen molar-refractivity contribution in [2.24, 2.45) is 5.10 Å². The number of carbonyl (C=O) groups is 1. The summed E-state index contributed by atoms with van der Waals surface area (Å²) in [6.07, 6.45) is 2.51. The fraction of sp³-hybridized carbons (Fsp3) is 0.188. The van der Waals surface area contributed by atoms with Crippen LogP contribution in [0.3, 0.4) is 0 Å². The van der Waals surface area contributed by atoms with Gasteiger partial charge in [0.1, 0.15) is 5.75 Å². The largest absolute Gasteiger partial charge is 0.481 e. The van der Waals surface area contributed by atoms with Gasteiger partial charge in [-0.05, 0) is 43.7 Å². The SMILES string of the molecule is Cc1cccc(O[C@H](C)C(=O)N/N=C/c2ccccn2)c1. The molecule has 0 aliphatic carbocycles. The Hall–Kier alpha value is -2.69. The van der Waals surface area contributed by atoms with E-state index in [1.807, 2.05) is 43.3 Å². The maximum atomic E-state index is 11.9. The lowest BCUT2D eigenvalue weighted by atomic mass is 10.2. The van der Waals surface area contributed by atoms with Crippen molar-refractivity contribution < 1.29 is 9.53 Å². The van der Waals surface area contributed by atoms with Crippen molar-refractivity contribution in [1.82, 2.24) is 10.4 Å². The first-order valence-electron chi connectivity index (χ1n) is 6.62. The number of hydrogen-bond donors (Lipinski definition) is 1. The summed E-state index contributed by atoms with van der Waals surface area (Å²) in [5, 5.41) is 3.85. The molecule has 1 heterocycles. The Balaban J connectivity index is 1.87. The van der Waals surface area contributed by atoms with Gasteiger partial charge < -0.3 is 4.74 Å². The van der Waals surface area contributed by atoms with Crippen LogP contribution in [0.1, 0.15) is 18.2 Å². The third kappa shape index (κ3) is 4.72. The first-order valence-corrected chi connectivity index (χ1v) is 6.62. The van der Waals surface area contributed by atoms with Crippen LogP contribution >= 0.6 is 0 Å². The fourth-order valence-corrected chi connectivity index (χ4v) is 1.65. The minimum Gasteiger partial charge on any atom is -0.481 e. The number of hydrogen-bond acceptors (Lipinski definition) is 4. The summed E-state index contributed by atoms with van der Waals surface area (Å²) in [7, 11) is 0. The number of hydrazone groups is 1. The van der Waals surface area contributed by atoms with E-state index in [0.717, 1.165) is 5.56 Å². The van der Waals surface area contributed by atoms with Gasteiger partial charge in [0.15, 0.2) is 6.10 Å². The standard InChI is InChI=1S/C16H17N3O2/c1-12-6-5-8-15(10-12)21-13(2)16(20)19-18-11-14-7-3-4-9-17-14/h3-11,13H,1-2H3,(H,19,20)/b18-11+/t13-/m1/s1. The van der Waals surface area contributed by atoms with Crippen LogP contribution in [0, 0.1) is 6.92 Å². The Morgan fingerprint density at radius 3 is 2.90 bits per heavy atom. The van der Waals surface area contributed by atoms with Gasteiger partial charge in [-0.25, -0.2) is 5.43 Å². The molecule has 21 heavy (non-hydrogen) atoms. The highest BCUT2D eigenvalue weighted by Gasteiger charge is 2.13. The van der Waals surface area contributed by atoms with Crippen LogP contribution in [-0.2, 0) is 4.79 Å². The Morgan fingerprint density at radius 2 is 2.19 bits per heavy atom. The van der Waals surface area contributed by atoms with Crippen molar-refractivity contribution in [2.45, 2.75) is 20.0 Å². The fourth-order valence-electron chi connectivity index (χ4n) is 1.65. The van der Waals surface area contributed by atoms with Crippen LogP contribution in [0.15, 0.2) is 53.8 Å². The number of nitrogens with one attached hydrogen (secondary N) is 1. The quantitative estimate of drug-likeness (QED) is 0.676. The smallest absolute Gasteiger partial charge is 0.280 e. The number of aromatic nitrogens is 1. The van der Waals surface area contributed by atoms with Gasteiger partial charge in [-0.15, -0.1) is 0 Å². The molecule has 0 aliphatic rings. The summed E-state index contributed by atoms with van der Waals surface area (Å²) in [5.74, 6) is 0.343. The van der Waals surface area contributed by atoms with E-state index in [4.69, 9.17) is 4.74 Å². The van der Waals surface area contributed by atoms with Crippen molar-refractivity contribution in [3.05, 3.63) is 59.9 Å². The minimum atomic E-state index is -0.632. The van der Waals surface area contributed by atoms with E-state index in [2.05, 4.69) is 15.5 Å². The Kier molecular flexibility index (Phi) is 5.04. The second-order valence-electron chi connectivity index (χ2n) is 4.57. The van der Waals surface area contributed by atoms with Crippen LogP contribution in [0.2, 0.25) is 0 Å². The molecular formula is C16H17N3O2. The Labute approximate surface area is 123 Å². The lowest BCUT2D eigenvalue weighted by molar-refractivity contribution is -0.127. The monoisotopic (exact) mass is 283 g/mol. The topological polar surface area (TPSA) is 63.6 Å². The average Bonchev–Trinajstić information content (AvgIpc) is 2.48. The number of nitrogens with zero attached hydrogens (tertiary/aromatic N) is 2. The molecule has 0 saturated carbocycles. The third-order valence-electron chi connectivity index (χ3n) is 2.73. The van der Waals surface area contributed by atoms with Gasteiger partial charge in [0.25, 0.3) is 5.91 Å². The first-order chi connectivity index (χ1) is 10.1. The first kappa shape index (κ1) is 14.7. The van der Waals surface area contributed by atoms with E-state index in [1.165, 1.54) is 6.21 Å². The summed E-state index contributed by atoms with van der Waals surface area (Å²) in [4.78, 5) is 15.9. The van der Waals surface area contributed by atoms with E-state index in [0.29, 0.717) is 11.4 Å². The van der Waals surface area contributed by atoms with Gasteiger partial charge >= 0.3 is 0 Å². The second kappa shape index (κ2) is 7.19. The van der Waals surface area contributed by atoms with Crippen LogP contribution in [0.25, 0.3) is 0 Å². The second-order valence-corrected chi connectivity index (χ2v) is 4.57. The van der Waals surface area contributed by atoms with Crippen molar-refractivity contribution >= 4 is 12.1 Å². The van der Waals surface area contributed by atoms with Crippen molar-refractivity contribution in [3.63, 3.8) is 0 Å². The molecule has 0 radical (unpaired) electrons. The van der Waals surface area contributed by atoms with Crippen LogP contribution in [-0.4, -0.2) is 23.2 Å². The molecule has 1 atom stereocenters. The molecule has 0 fully saturated rings. The van der Waals surface area contributed by atoms with Crippen molar-refractivity contribution in [1.29, 1.82) is 0 Å². The Morgan fingerprint density at radius 1 is 1.33 bits per heavy atom. The number of rotatable bonds is 5. The van der Waals surface area contributed by atoms with Crippen molar-refractivity contribution in [2.75, 3.05) is 0 Å². The predicted molar refractivity (Wildman–Crippen MR) is 81.2 cm³/mol. The van der Waals surface area contributed by atoms with Gasteiger partial charge in [0, 0.05) is 6.20 Å². The van der Waals surface area contributed by atoms with Crippen molar-refractivity contribution in [3.8, 4) is 5.75 Å². The molecule has 1 N–H and O–H groups in total. The molecule has 5 heteroatoms. The number of benzene rings is 1. The average molecular weight is 283 g/mol. The van der Waals surface area contributed by atoms with Gasteiger partial charge in [-0.1, -0.05) is 18.2 Å². The molecular weight excluding hydrogens is 266 g/mol. The predicted octanol–water partition coefficient (Wildman–Crippen LogP) is 2.31. The molecule has 1 aromatic heterocycles. The lowest BCUT2D eigenvalue weighted by Gasteiger charge is -2.13. The van der Waals surface area contributed by atoms with E-state index in [1.54, 1.807) is 19.2 Å². The van der Waals surface area contributed by atoms with E-state index >= 15 is 0 Å². The van der Waals surface area contributed by atoms with E-state index < -0.39 is 6.10 Å². The lowest BCUT2D eigenvalue weighted by Crippen LogP contribution is -2.33. The van der Waals surface area contributed by atoms with E-state index in [-0.39, 0.29) is 5.91 Å². The number of ether oxygens (including phenoxy) is 1. The normalized spacial score (nSPS) is 12.1. The van der Waals surface area contributed by atoms with Gasteiger partial charge in [0.05, 0.1) is 11.9 Å². The summed E-state index contributed by atoms with van der Waals surface area (Å²) < 4.78 is 5.56. The van der Waals surface area contributed by atoms with Gasteiger partial charge in [-0.3, -0.25) is 9.78 Å². The highest BCUT2D eigenvalue weighted by atomic mass is 16.5. The highest BCUT2D eigenvalue weighted by molar-refractivity contribution is 5.83. The number of pyridine rings is 1. The molecule has 0 unspecified atom stereocenters. The third-order valence-corrected chi connectivity index (χ3v) is 2.73. The maximum absolute atomic E-state index is 11.9. The molecule has 0 saturated heterocycles. The number of carbonyl (C=O) groups excluding carboxylic acids is 1. The summed E-state index contributed by atoms with van der Waals surface area (Å²) in [6, 6.07) is 13.0. The van der Waals surface area contributed by atoms with E-state index in [9.17, 15) is 4.79 Å². The van der Waals surface area contributed by atoms with Gasteiger partial charge in [0.2, 0.25) is 0 Å². The number of amides is 1. The molecule has 2 aromatic rings. The highest BCUT2D eigenvalue weighted by Crippen LogP contribution is 2.14. The zero-order valence-electron chi connectivity index (χ0n) is 12.0. The molecule has 0 aliphatic heterocycles. The minimum absolute atomic E-state index is 0.316. The zero-order chi connectivity index (χ0) is 15.1. The summed E-state index contributed by atoms with van der Waals surface area (Å²) in [5.41, 5.74) is 4.18. The number of aryl methyl sites for hydroxylation is 1. The molecule has 5 nitrogen and oxygen atoms in total. The van der Waals surface area contributed by atoms with Crippen LogP contribution < -0.4 is 10.2 Å². The van der Waals surface area contributed by atoms with Gasteiger partial charge in [-0.2, -0.15) is 5.10 Å². The summed E-state index contributed by atoms with van der Waals surface area (Å²) in [6.45, 7) is 3.64. The molecule has 108 valence electrons. The zero-order valence-corrected chi connectivity index (χ0v) is 12.0. The van der Waals surface area contributed by atoms with Crippen LogP contribution in [0.4, 0.5) is 0 Å². The molecule has 1 aromatic carbocycles. The molecule has 2 rings (SSSR count). The van der Waals surface area contributed by atoms with Crippen LogP contribution in [0.5, 0.6) is 5.75 Å². The Bertz CT molecular complexity index is 626. The summed E-state index contributed by atoms with van der Waals surface area (Å²) >= 11 is 0. The molecule has 0 spiro atoms. The molecule has 0 bridgehead atoms. The maximum Gasteiger partial charge on any atom is 0.280 e.